The van der Waals surface area contributed by atoms with Crippen molar-refractivity contribution in [2.75, 3.05) is 11.5 Å². The lowest BCUT2D eigenvalue weighted by Gasteiger charge is -2.28. The summed E-state index contributed by atoms with van der Waals surface area (Å²) in [6.07, 6.45) is -1.15. The highest BCUT2D eigenvalue weighted by Gasteiger charge is 2.42. The van der Waals surface area contributed by atoms with E-state index in [4.69, 9.17) is 5.73 Å². The van der Waals surface area contributed by atoms with Crippen molar-refractivity contribution in [2.45, 2.75) is 23.6 Å². The van der Waals surface area contributed by atoms with Gasteiger partial charge in [-0.3, -0.25) is 0 Å². The third kappa shape index (κ3) is 2.81. The van der Waals surface area contributed by atoms with E-state index in [0.717, 1.165) is 0 Å². The molecule has 0 radical (unpaired) electrons. The number of benzene rings is 1. The highest BCUT2D eigenvalue weighted by atomic mass is 79.9. The summed E-state index contributed by atoms with van der Waals surface area (Å²) in [6.45, 7) is 3.00. The number of sulfone groups is 1. The Morgan fingerprint density at radius 1 is 1.41 bits per heavy atom. The van der Waals surface area contributed by atoms with Gasteiger partial charge in [-0.1, -0.05) is 35.0 Å². The van der Waals surface area contributed by atoms with Crippen molar-refractivity contribution in [2.24, 2.45) is 0 Å². The quantitative estimate of drug-likeness (QED) is 0.655. The van der Waals surface area contributed by atoms with Gasteiger partial charge in [0.1, 0.15) is 6.10 Å². The van der Waals surface area contributed by atoms with E-state index in [0.29, 0.717) is 11.3 Å². The fourth-order valence-electron chi connectivity index (χ4n) is 1.43. The SMILES string of the molecule is CCS(=O)(=O)C(C)(Br)C(O)c1ccc(N)cc1. The van der Waals surface area contributed by atoms with E-state index in [-0.39, 0.29) is 5.75 Å². The number of nitrogen functional groups attached to an aromatic ring is 1. The third-order valence-corrected chi connectivity index (χ3v) is 6.84. The van der Waals surface area contributed by atoms with Crippen molar-refractivity contribution >= 4 is 31.5 Å². The molecule has 4 nitrogen and oxygen atoms in total. The zero-order chi connectivity index (χ0) is 13.3. The van der Waals surface area contributed by atoms with Gasteiger partial charge in [-0.05, 0) is 24.6 Å². The van der Waals surface area contributed by atoms with Gasteiger partial charge in [0, 0.05) is 11.4 Å². The predicted molar refractivity (Wildman–Crippen MR) is 72.6 cm³/mol. The second-order valence-electron chi connectivity index (χ2n) is 3.96. The van der Waals surface area contributed by atoms with Gasteiger partial charge < -0.3 is 10.8 Å². The molecule has 0 bridgehead atoms. The molecule has 0 spiro atoms. The van der Waals surface area contributed by atoms with E-state index in [2.05, 4.69) is 15.9 Å². The fourth-order valence-corrected chi connectivity index (χ4v) is 3.42. The Morgan fingerprint density at radius 2 is 1.88 bits per heavy atom. The van der Waals surface area contributed by atoms with Crippen molar-refractivity contribution in [1.82, 2.24) is 0 Å². The van der Waals surface area contributed by atoms with Crippen LogP contribution in [-0.2, 0) is 9.84 Å². The molecule has 6 heteroatoms. The van der Waals surface area contributed by atoms with Crippen LogP contribution in [0.1, 0.15) is 25.5 Å². The van der Waals surface area contributed by atoms with Crippen LogP contribution in [0.15, 0.2) is 24.3 Å². The Morgan fingerprint density at radius 3 is 2.29 bits per heavy atom. The molecule has 1 rings (SSSR count). The molecule has 0 heterocycles. The van der Waals surface area contributed by atoms with E-state index in [9.17, 15) is 13.5 Å². The van der Waals surface area contributed by atoms with E-state index in [1.54, 1.807) is 31.2 Å². The van der Waals surface area contributed by atoms with Gasteiger partial charge in [-0.15, -0.1) is 0 Å². The number of aliphatic hydroxyl groups excluding tert-OH is 1. The summed E-state index contributed by atoms with van der Waals surface area (Å²) in [5.74, 6) is -0.0409. The van der Waals surface area contributed by atoms with Crippen molar-refractivity contribution < 1.29 is 13.5 Å². The molecule has 1 aromatic rings. The predicted octanol–water partition coefficient (Wildman–Crippen LogP) is 1.85. The van der Waals surface area contributed by atoms with Crippen molar-refractivity contribution in [1.29, 1.82) is 0 Å². The van der Waals surface area contributed by atoms with Crippen LogP contribution in [0.3, 0.4) is 0 Å². The number of nitrogens with two attached hydrogens (primary N) is 1. The van der Waals surface area contributed by atoms with Gasteiger partial charge in [0.15, 0.2) is 13.5 Å². The summed E-state index contributed by atoms with van der Waals surface area (Å²) < 4.78 is 22.3. The Bertz CT molecular complexity index is 482. The molecule has 0 saturated carbocycles. The molecule has 2 atom stereocenters. The monoisotopic (exact) mass is 321 g/mol. The highest BCUT2D eigenvalue weighted by Crippen LogP contribution is 2.38. The molecule has 0 aliphatic heterocycles. The molecular formula is C11H16BrNO3S. The van der Waals surface area contributed by atoms with Gasteiger partial charge in [0.25, 0.3) is 0 Å². The highest BCUT2D eigenvalue weighted by molar-refractivity contribution is 9.11. The largest absolute Gasteiger partial charge is 0.399 e. The topological polar surface area (TPSA) is 80.4 Å². The number of anilines is 1. The van der Waals surface area contributed by atoms with Crippen LogP contribution in [0.5, 0.6) is 0 Å². The van der Waals surface area contributed by atoms with E-state index < -0.39 is 19.6 Å². The lowest BCUT2D eigenvalue weighted by Crippen LogP contribution is -2.36. The van der Waals surface area contributed by atoms with Gasteiger partial charge in [-0.25, -0.2) is 8.42 Å². The first-order chi connectivity index (χ1) is 7.72. The second-order valence-corrected chi connectivity index (χ2v) is 8.79. The average molecular weight is 322 g/mol. The second kappa shape index (κ2) is 4.96. The molecule has 0 aliphatic carbocycles. The Labute approximate surface area is 110 Å². The van der Waals surface area contributed by atoms with E-state index in [1.807, 2.05) is 0 Å². The molecule has 96 valence electrons. The molecule has 0 saturated heterocycles. The zero-order valence-electron chi connectivity index (χ0n) is 9.72. The van der Waals surface area contributed by atoms with Gasteiger partial charge in [0.2, 0.25) is 0 Å². The fraction of sp³-hybridized carbons (Fsp3) is 0.455. The van der Waals surface area contributed by atoms with Crippen molar-refractivity contribution in [3.8, 4) is 0 Å². The van der Waals surface area contributed by atoms with Crippen LogP contribution in [-0.4, -0.2) is 22.9 Å². The maximum atomic E-state index is 11.9. The number of aliphatic hydroxyl groups is 1. The van der Waals surface area contributed by atoms with Gasteiger partial charge >= 0.3 is 0 Å². The normalized spacial score (nSPS) is 17.4. The number of hydrogen-bond acceptors (Lipinski definition) is 4. The van der Waals surface area contributed by atoms with Crippen molar-refractivity contribution in [3.05, 3.63) is 29.8 Å². The first kappa shape index (κ1) is 14.5. The molecule has 0 amide bonds. The molecule has 0 aliphatic rings. The Balaban J connectivity index is 3.12. The van der Waals surface area contributed by atoms with Crippen LogP contribution in [0.25, 0.3) is 0 Å². The minimum absolute atomic E-state index is 0.0409. The molecule has 3 N–H and O–H groups in total. The minimum atomic E-state index is -3.42. The summed E-state index contributed by atoms with van der Waals surface area (Å²) in [4.78, 5) is 0. The van der Waals surface area contributed by atoms with Crippen LogP contribution in [0.4, 0.5) is 5.69 Å². The maximum absolute atomic E-state index is 11.9. The minimum Gasteiger partial charge on any atom is -0.399 e. The Kier molecular flexibility index (Phi) is 4.22. The molecule has 0 fully saturated rings. The third-order valence-electron chi connectivity index (χ3n) is 2.73. The van der Waals surface area contributed by atoms with Crippen molar-refractivity contribution in [3.63, 3.8) is 0 Å². The molecule has 17 heavy (non-hydrogen) atoms. The smallest absolute Gasteiger partial charge is 0.168 e. The molecule has 2 unspecified atom stereocenters. The van der Waals surface area contributed by atoms with E-state index in [1.165, 1.54) is 6.92 Å². The summed E-state index contributed by atoms with van der Waals surface area (Å²) >= 11 is 3.12. The number of rotatable bonds is 4. The summed E-state index contributed by atoms with van der Waals surface area (Å²) in [6, 6.07) is 6.48. The standard InChI is InChI=1S/C11H16BrNO3S/c1-3-17(15,16)11(2,12)10(14)8-4-6-9(13)7-5-8/h4-7,10,14H,3,13H2,1-2H3. The summed E-state index contributed by atoms with van der Waals surface area (Å²) in [7, 11) is -3.42. The average Bonchev–Trinajstić information content (AvgIpc) is 2.28. The van der Waals surface area contributed by atoms with Crippen LogP contribution in [0, 0.1) is 0 Å². The van der Waals surface area contributed by atoms with Gasteiger partial charge in [0.05, 0.1) is 0 Å². The first-order valence-corrected chi connectivity index (χ1v) is 7.61. The number of hydrogen-bond donors (Lipinski definition) is 2. The lowest BCUT2D eigenvalue weighted by atomic mass is 10.1. The zero-order valence-corrected chi connectivity index (χ0v) is 12.1. The number of halogens is 1. The summed E-state index contributed by atoms with van der Waals surface area (Å²) in [5.41, 5.74) is 6.61. The van der Waals surface area contributed by atoms with Crippen LogP contribution in [0.2, 0.25) is 0 Å². The lowest BCUT2D eigenvalue weighted by molar-refractivity contribution is 0.167. The first-order valence-electron chi connectivity index (χ1n) is 5.17. The number of alkyl halides is 1. The van der Waals surface area contributed by atoms with Crippen LogP contribution >= 0.6 is 15.9 Å². The van der Waals surface area contributed by atoms with E-state index >= 15 is 0 Å². The molecular weight excluding hydrogens is 306 g/mol. The maximum Gasteiger partial charge on any atom is 0.168 e. The molecule has 1 aromatic carbocycles. The Hall–Kier alpha value is -0.590. The van der Waals surface area contributed by atoms with Crippen LogP contribution < -0.4 is 5.73 Å². The molecule has 0 aromatic heterocycles. The summed E-state index contributed by atoms with van der Waals surface area (Å²) in [5, 5.41) is 10.1. The van der Waals surface area contributed by atoms with Gasteiger partial charge in [-0.2, -0.15) is 0 Å².